The highest BCUT2D eigenvalue weighted by Gasteiger charge is 2.31. The Morgan fingerprint density at radius 2 is 2.00 bits per heavy atom. The van der Waals surface area contributed by atoms with Crippen LogP contribution in [-0.2, 0) is 10.9 Å². The Kier molecular flexibility index (Phi) is 4.69. The molecule has 0 unspecified atom stereocenters. The molecule has 0 aliphatic heterocycles. The number of pyridine rings is 1. The molecular formula is C13H18F3N3O. The van der Waals surface area contributed by atoms with Crippen LogP contribution in [-0.4, -0.2) is 24.2 Å². The maximum atomic E-state index is 12.6. The van der Waals surface area contributed by atoms with Crippen molar-refractivity contribution in [3.05, 3.63) is 17.7 Å². The number of halogens is 3. The third kappa shape index (κ3) is 4.26. The number of nitrogens with one attached hydrogen (secondary N) is 1. The number of aromatic nitrogens is 1. The lowest BCUT2D eigenvalue weighted by molar-refractivity contribution is -0.137. The number of hydrogen-bond acceptors (Lipinski definition) is 4. The molecule has 1 aliphatic carbocycles. The smallest absolute Gasteiger partial charge is 0.384 e. The number of nitrogens with two attached hydrogens (primary N) is 1. The molecule has 3 N–H and O–H groups in total. The number of rotatable bonds is 5. The van der Waals surface area contributed by atoms with Crippen LogP contribution in [0.25, 0.3) is 0 Å². The van der Waals surface area contributed by atoms with Gasteiger partial charge in [0.15, 0.2) is 0 Å². The van der Waals surface area contributed by atoms with E-state index < -0.39 is 11.7 Å². The molecule has 0 atom stereocenters. The molecule has 1 aromatic heterocycles. The number of nitrogen functional groups attached to an aromatic ring is 1. The van der Waals surface area contributed by atoms with E-state index >= 15 is 0 Å². The van der Waals surface area contributed by atoms with Crippen molar-refractivity contribution in [2.45, 2.75) is 38.0 Å². The molecule has 20 heavy (non-hydrogen) atoms. The second kappa shape index (κ2) is 6.30. The molecule has 0 aromatic carbocycles. The van der Waals surface area contributed by atoms with E-state index in [1.54, 1.807) is 0 Å². The average molecular weight is 289 g/mol. The highest BCUT2D eigenvalue weighted by atomic mass is 19.4. The van der Waals surface area contributed by atoms with Gasteiger partial charge in [-0.25, -0.2) is 4.98 Å². The molecule has 2 rings (SSSR count). The predicted molar refractivity (Wildman–Crippen MR) is 70.3 cm³/mol. The maximum absolute atomic E-state index is 12.6. The zero-order chi connectivity index (χ0) is 14.6. The maximum Gasteiger partial charge on any atom is 0.416 e. The van der Waals surface area contributed by atoms with Gasteiger partial charge in [-0.3, -0.25) is 0 Å². The fourth-order valence-electron chi connectivity index (χ4n) is 2.27. The standard InChI is InChI=1S/C13H18F3N3O/c14-13(15,16)9-7-11(17)19-12(8-9)18-5-6-20-10-3-1-2-4-10/h7-8,10H,1-6H2,(H3,17,18,19). The van der Waals surface area contributed by atoms with Crippen molar-refractivity contribution in [3.8, 4) is 0 Å². The summed E-state index contributed by atoms with van der Waals surface area (Å²) in [5.41, 5.74) is 4.58. The van der Waals surface area contributed by atoms with Gasteiger partial charge in [0.25, 0.3) is 0 Å². The summed E-state index contributed by atoms with van der Waals surface area (Å²) in [4.78, 5) is 3.83. The van der Waals surface area contributed by atoms with E-state index in [9.17, 15) is 13.2 Å². The summed E-state index contributed by atoms with van der Waals surface area (Å²) in [6.07, 6.45) is 0.363. The third-order valence-electron chi connectivity index (χ3n) is 3.24. The van der Waals surface area contributed by atoms with E-state index in [1.807, 2.05) is 0 Å². The van der Waals surface area contributed by atoms with E-state index in [2.05, 4.69) is 10.3 Å². The fraction of sp³-hybridized carbons (Fsp3) is 0.615. The Morgan fingerprint density at radius 3 is 2.65 bits per heavy atom. The van der Waals surface area contributed by atoms with Crippen LogP contribution in [0.1, 0.15) is 31.2 Å². The Labute approximate surface area is 115 Å². The molecule has 0 bridgehead atoms. The van der Waals surface area contributed by atoms with Gasteiger partial charge in [-0.1, -0.05) is 12.8 Å². The van der Waals surface area contributed by atoms with Crippen LogP contribution in [0.5, 0.6) is 0 Å². The molecule has 7 heteroatoms. The van der Waals surface area contributed by atoms with Crippen molar-refractivity contribution in [1.82, 2.24) is 4.98 Å². The number of anilines is 2. The van der Waals surface area contributed by atoms with Gasteiger partial charge in [-0.05, 0) is 25.0 Å². The van der Waals surface area contributed by atoms with Gasteiger partial charge in [-0.2, -0.15) is 13.2 Å². The molecule has 4 nitrogen and oxygen atoms in total. The largest absolute Gasteiger partial charge is 0.416 e. The molecule has 0 saturated heterocycles. The lowest BCUT2D eigenvalue weighted by Crippen LogP contribution is -2.16. The van der Waals surface area contributed by atoms with Gasteiger partial charge in [-0.15, -0.1) is 0 Å². The van der Waals surface area contributed by atoms with E-state index in [0.717, 1.165) is 25.0 Å². The van der Waals surface area contributed by atoms with Gasteiger partial charge >= 0.3 is 6.18 Å². The second-order valence-corrected chi connectivity index (χ2v) is 4.87. The Bertz CT molecular complexity index is 445. The van der Waals surface area contributed by atoms with E-state index in [1.165, 1.54) is 12.8 Å². The first kappa shape index (κ1) is 14.9. The molecule has 1 aromatic rings. The minimum absolute atomic E-state index is 0.118. The van der Waals surface area contributed by atoms with Crippen molar-refractivity contribution in [2.24, 2.45) is 0 Å². The summed E-state index contributed by atoms with van der Waals surface area (Å²) < 4.78 is 43.4. The van der Waals surface area contributed by atoms with Crippen LogP contribution in [0.2, 0.25) is 0 Å². The third-order valence-corrected chi connectivity index (χ3v) is 3.24. The second-order valence-electron chi connectivity index (χ2n) is 4.87. The van der Waals surface area contributed by atoms with Gasteiger partial charge in [0.1, 0.15) is 11.6 Å². The van der Waals surface area contributed by atoms with E-state index in [0.29, 0.717) is 13.2 Å². The fourth-order valence-corrected chi connectivity index (χ4v) is 2.27. The van der Waals surface area contributed by atoms with E-state index in [-0.39, 0.29) is 17.7 Å². The molecule has 1 saturated carbocycles. The highest BCUT2D eigenvalue weighted by Crippen LogP contribution is 2.31. The van der Waals surface area contributed by atoms with Crippen LogP contribution >= 0.6 is 0 Å². The quantitative estimate of drug-likeness (QED) is 0.818. The monoisotopic (exact) mass is 289 g/mol. The van der Waals surface area contributed by atoms with Crippen LogP contribution in [0.3, 0.4) is 0 Å². The summed E-state index contributed by atoms with van der Waals surface area (Å²) in [5, 5.41) is 2.81. The van der Waals surface area contributed by atoms with Crippen molar-refractivity contribution >= 4 is 11.6 Å². The Morgan fingerprint density at radius 1 is 1.30 bits per heavy atom. The van der Waals surface area contributed by atoms with Crippen molar-refractivity contribution < 1.29 is 17.9 Å². The number of nitrogens with zero attached hydrogens (tertiary/aromatic N) is 1. The van der Waals surface area contributed by atoms with Gasteiger partial charge in [0.2, 0.25) is 0 Å². The summed E-state index contributed by atoms with van der Waals surface area (Å²) in [6.45, 7) is 0.854. The first-order valence-electron chi connectivity index (χ1n) is 6.65. The lowest BCUT2D eigenvalue weighted by Gasteiger charge is -2.13. The molecule has 112 valence electrons. The highest BCUT2D eigenvalue weighted by molar-refractivity contribution is 5.47. The molecule has 0 radical (unpaired) electrons. The summed E-state index contributed by atoms with van der Waals surface area (Å²) in [5.74, 6) is -0.0358. The zero-order valence-corrected chi connectivity index (χ0v) is 11.0. The Balaban J connectivity index is 1.84. The van der Waals surface area contributed by atoms with E-state index in [4.69, 9.17) is 10.5 Å². The number of hydrogen-bond donors (Lipinski definition) is 2. The Hall–Kier alpha value is -1.50. The predicted octanol–water partition coefficient (Wildman–Crippen LogP) is 3.05. The number of ether oxygens (including phenoxy) is 1. The topological polar surface area (TPSA) is 60.2 Å². The SMILES string of the molecule is Nc1cc(C(F)(F)F)cc(NCCOC2CCCC2)n1. The first-order valence-corrected chi connectivity index (χ1v) is 6.65. The van der Waals surface area contributed by atoms with Gasteiger partial charge in [0.05, 0.1) is 18.3 Å². The molecule has 1 heterocycles. The zero-order valence-electron chi connectivity index (χ0n) is 11.0. The normalized spacial score (nSPS) is 16.6. The van der Waals surface area contributed by atoms with Crippen LogP contribution in [0.4, 0.5) is 24.8 Å². The van der Waals surface area contributed by atoms with Gasteiger partial charge in [0, 0.05) is 6.54 Å². The van der Waals surface area contributed by atoms with Crippen molar-refractivity contribution in [1.29, 1.82) is 0 Å². The van der Waals surface area contributed by atoms with Crippen LogP contribution in [0, 0.1) is 0 Å². The molecule has 0 amide bonds. The van der Waals surface area contributed by atoms with Crippen molar-refractivity contribution in [3.63, 3.8) is 0 Å². The minimum atomic E-state index is -4.42. The lowest BCUT2D eigenvalue weighted by atomic mass is 10.2. The average Bonchev–Trinajstić information content (AvgIpc) is 2.86. The van der Waals surface area contributed by atoms with Crippen LogP contribution in [0.15, 0.2) is 12.1 Å². The molecule has 1 fully saturated rings. The van der Waals surface area contributed by atoms with Gasteiger partial charge < -0.3 is 15.8 Å². The molecule has 1 aliphatic rings. The minimum Gasteiger partial charge on any atom is -0.384 e. The molecular weight excluding hydrogens is 271 g/mol. The summed E-state index contributed by atoms with van der Waals surface area (Å²) in [7, 11) is 0. The van der Waals surface area contributed by atoms with Crippen LogP contribution < -0.4 is 11.1 Å². The molecule has 0 spiro atoms. The number of alkyl halides is 3. The van der Waals surface area contributed by atoms with Crippen molar-refractivity contribution in [2.75, 3.05) is 24.2 Å². The first-order chi connectivity index (χ1) is 9.45. The summed E-state index contributed by atoms with van der Waals surface area (Å²) >= 11 is 0. The summed E-state index contributed by atoms with van der Waals surface area (Å²) in [6, 6.07) is 1.77.